The van der Waals surface area contributed by atoms with Crippen LogP contribution in [-0.4, -0.2) is 12.1 Å². The van der Waals surface area contributed by atoms with E-state index in [0.29, 0.717) is 18.3 Å². The number of benzene rings is 6. The van der Waals surface area contributed by atoms with E-state index in [1.807, 2.05) is 146 Å². The van der Waals surface area contributed by atoms with Crippen molar-refractivity contribution in [2.45, 2.75) is 18.4 Å². The fraction of sp³-hybridized carbons (Fsp3) is 0.0976. The number of hydrogen-bond acceptors (Lipinski definition) is 1. The van der Waals surface area contributed by atoms with Crippen molar-refractivity contribution in [1.29, 1.82) is 0 Å². The van der Waals surface area contributed by atoms with Crippen molar-refractivity contribution in [3.63, 3.8) is 0 Å². The number of nitrogens with one attached hydrogen (secondary N) is 1. The minimum absolute atomic E-state index is 0.0283. The zero-order valence-corrected chi connectivity index (χ0v) is 28.7. The summed E-state index contributed by atoms with van der Waals surface area (Å²) in [7, 11) is -2.37. The molecule has 51 heavy (non-hydrogen) atoms. The SMILES string of the molecule is O=C(N[C@H](CP(c1ccccc1)c1ccccc1)c1ccccc1P(c1ccccc1)c1ccccc1)c1cc(C(F)(F)F)cc(C(F)(F)F)c1. The first-order valence-electron chi connectivity index (χ1n) is 16.0. The molecule has 0 fully saturated rings. The molecule has 0 spiro atoms. The van der Waals surface area contributed by atoms with E-state index in [2.05, 4.69) is 5.32 Å². The quantitative estimate of drug-likeness (QED) is 0.111. The van der Waals surface area contributed by atoms with Gasteiger partial charge < -0.3 is 5.32 Å². The zero-order chi connectivity index (χ0) is 36.0. The third-order valence-corrected chi connectivity index (χ3v) is 13.3. The van der Waals surface area contributed by atoms with Crippen LogP contribution in [0.2, 0.25) is 0 Å². The molecular weight excluding hydrogens is 698 g/mol. The fourth-order valence-electron chi connectivity index (χ4n) is 5.87. The molecule has 2 nitrogen and oxygen atoms in total. The first-order valence-corrected chi connectivity index (χ1v) is 18.8. The highest BCUT2D eigenvalue weighted by atomic mass is 31.1. The van der Waals surface area contributed by atoms with Crippen molar-refractivity contribution in [1.82, 2.24) is 5.32 Å². The molecule has 0 aliphatic rings. The smallest absolute Gasteiger partial charge is 0.345 e. The van der Waals surface area contributed by atoms with Gasteiger partial charge in [0.25, 0.3) is 5.91 Å². The van der Waals surface area contributed by atoms with Gasteiger partial charge in [0.15, 0.2) is 0 Å². The molecular formula is C41H31F6NOP2. The molecule has 0 saturated heterocycles. The first-order chi connectivity index (χ1) is 24.5. The second-order valence-electron chi connectivity index (χ2n) is 11.7. The Kier molecular flexibility index (Phi) is 11.0. The van der Waals surface area contributed by atoms with Crippen molar-refractivity contribution in [2.24, 2.45) is 0 Å². The maximum atomic E-state index is 14.0. The van der Waals surface area contributed by atoms with Crippen molar-refractivity contribution in [3.8, 4) is 0 Å². The summed E-state index contributed by atoms with van der Waals surface area (Å²) < 4.78 is 83.1. The molecule has 0 aliphatic heterocycles. The van der Waals surface area contributed by atoms with Crippen LogP contribution in [0.25, 0.3) is 0 Å². The maximum absolute atomic E-state index is 14.0. The molecule has 1 atom stereocenters. The molecule has 0 aromatic heterocycles. The number of alkyl halides is 6. The molecule has 0 aliphatic carbocycles. The van der Waals surface area contributed by atoms with E-state index < -0.39 is 56.8 Å². The van der Waals surface area contributed by atoms with Crippen LogP contribution in [0, 0.1) is 0 Å². The van der Waals surface area contributed by atoms with Gasteiger partial charge in [0, 0.05) is 11.7 Å². The number of halogens is 6. The van der Waals surface area contributed by atoms with Gasteiger partial charge in [0.05, 0.1) is 17.2 Å². The number of amides is 1. The van der Waals surface area contributed by atoms with E-state index in [4.69, 9.17) is 0 Å². The molecule has 0 heterocycles. The lowest BCUT2D eigenvalue weighted by atomic mass is 10.0. The van der Waals surface area contributed by atoms with Crippen LogP contribution in [0.3, 0.4) is 0 Å². The van der Waals surface area contributed by atoms with Crippen molar-refractivity contribution in [2.75, 3.05) is 6.16 Å². The minimum atomic E-state index is -5.10. The summed E-state index contributed by atoms with van der Waals surface area (Å²) in [5.41, 5.74) is -3.09. The summed E-state index contributed by atoms with van der Waals surface area (Å²) in [6.07, 6.45) is -9.87. The molecule has 0 unspecified atom stereocenters. The average Bonchev–Trinajstić information content (AvgIpc) is 3.14. The van der Waals surface area contributed by atoms with Crippen LogP contribution in [0.1, 0.15) is 33.1 Å². The Hall–Kier alpha value is -4.77. The van der Waals surface area contributed by atoms with E-state index >= 15 is 0 Å². The molecule has 258 valence electrons. The summed E-state index contributed by atoms with van der Waals surface area (Å²) in [6, 6.07) is 47.0. The highest BCUT2D eigenvalue weighted by Gasteiger charge is 2.38. The van der Waals surface area contributed by atoms with Gasteiger partial charge in [-0.3, -0.25) is 4.79 Å². The van der Waals surface area contributed by atoms with Gasteiger partial charge in [0.1, 0.15) is 0 Å². The molecule has 6 aromatic rings. The number of rotatable bonds is 10. The topological polar surface area (TPSA) is 29.1 Å². The van der Waals surface area contributed by atoms with Crippen LogP contribution < -0.4 is 31.8 Å². The Morgan fingerprint density at radius 3 is 1.35 bits per heavy atom. The van der Waals surface area contributed by atoms with Crippen molar-refractivity contribution in [3.05, 3.63) is 186 Å². The highest BCUT2D eigenvalue weighted by Crippen LogP contribution is 2.42. The van der Waals surface area contributed by atoms with Crippen LogP contribution in [0.5, 0.6) is 0 Å². The molecule has 1 amide bonds. The van der Waals surface area contributed by atoms with Gasteiger partial charge in [-0.25, -0.2) is 0 Å². The predicted molar refractivity (Wildman–Crippen MR) is 196 cm³/mol. The molecule has 0 radical (unpaired) electrons. The Bertz CT molecular complexity index is 1950. The minimum Gasteiger partial charge on any atom is -0.345 e. The lowest BCUT2D eigenvalue weighted by Crippen LogP contribution is -2.36. The predicted octanol–water partition coefficient (Wildman–Crippen LogP) is 9.09. The molecule has 6 rings (SSSR count). The van der Waals surface area contributed by atoms with Gasteiger partial charge in [-0.05, 0) is 66.1 Å². The zero-order valence-electron chi connectivity index (χ0n) is 26.9. The van der Waals surface area contributed by atoms with Gasteiger partial charge in [-0.2, -0.15) is 26.3 Å². The summed E-state index contributed by atoms with van der Waals surface area (Å²) >= 11 is 0. The van der Waals surface area contributed by atoms with Crippen LogP contribution >= 0.6 is 15.8 Å². The lowest BCUT2D eigenvalue weighted by Gasteiger charge is -2.30. The second-order valence-corrected chi connectivity index (χ2v) is 16.1. The van der Waals surface area contributed by atoms with Crippen molar-refractivity contribution < 1.29 is 31.1 Å². The van der Waals surface area contributed by atoms with E-state index in [1.165, 1.54) is 0 Å². The Balaban J connectivity index is 1.52. The highest BCUT2D eigenvalue weighted by molar-refractivity contribution is 7.80. The van der Waals surface area contributed by atoms with Gasteiger partial charge >= 0.3 is 12.4 Å². The molecule has 0 saturated carbocycles. The second kappa shape index (κ2) is 15.6. The number of carbonyl (C=O) groups is 1. The molecule has 1 N–H and O–H groups in total. The monoisotopic (exact) mass is 729 g/mol. The number of hydrogen-bond donors (Lipinski definition) is 1. The largest absolute Gasteiger partial charge is 0.416 e. The van der Waals surface area contributed by atoms with Gasteiger partial charge in [-0.1, -0.05) is 146 Å². The standard InChI is InChI=1S/C41H31F6NOP2/c42-40(43,44)30-25-29(26-31(27-30)41(45,46)47)39(49)48-37(28-50(32-15-5-1-6-16-32)33-17-7-2-8-18-33)36-23-13-14-24-38(36)51(34-19-9-3-10-20-34)35-21-11-4-12-22-35/h1-27,37H,28H2,(H,48,49)/t37-/m1/s1. The third-order valence-electron chi connectivity index (χ3n) is 8.24. The fourth-order valence-corrected chi connectivity index (χ4v) is 10.8. The van der Waals surface area contributed by atoms with Crippen LogP contribution in [-0.2, 0) is 12.4 Å². The van der Waals surface area contributed by atoms with Gasteiger partial charge in [-0.15, -0.1) is 0 Å². The van der Waals surface area contributed by atoms with Gasteiger partial charge in [0.2, 0.25) is 0 Å². The number of carbonyl (C=O) groups excluding carboxylic acids is 1. The maximum Gasteiger partial charge on any atom is 0.416 e. The molecule has 6 aromatic carbocycles. The first kappa shape index (κ1) is 36.0. The summed E-state index contributed by atoms with van der Waals surface area (Å²) in [6.45, 7) is 0. The van der Waals surface area contributed by atoms with Crippen LogP contribution in [0.4, 0.5) is 26.3 Å². The summed E-state index contributed by atoms with van der Waals surface area (Å²) in [5, 5.41) is 7.92. The lowest BCUT2D eigenvalue weighted by molar-refractivity contribution is -0.143. The van der Waals surface area contributed by atoms with E-state index in [-0.39, 0.29) is 6.07 Å². The summed E-state index contributed by atoms with van der Waals surface area (Å²) in [5.74, 6) is -1.04. The average molecular weight is 730 g/mol. The Labute approximate surface area is 294 Å². The van der Waals surface area contributed by atoms with E-state index in [1.54, 1.807) is 0 Å². The van der Waals surface area contributed by atoms with E-state index in [0.717, 1.165) is 32.1 Å². The third kappa shape index (κ3) is 8.76. The van der Waals surface area contributed by atoms with E-state index in [9.17, 15) is 31.1 Å². The van der Waals surface area contributed by atoms with Crippen molar-refractivity contribution >= 4 is 48.3 Å². The molecule has 0 bridgehead atoms. The summed E-state index contributed by atoms with van der Waals surface area (Å²) in [4.78, 5) is 14.0. The Morgan fingerprint density at radius 1 is 0.529 bits per heavy atom. The normalized spacial score (nSPS) is 12.5. The molecule has 10 heteroatoms. The Morgan fingerprint density at radius 2 is 0.922 bits per heavy atom. The van der Waals surface area contributed by atoms with Crippen LogP contribution in [0.15, 0.2) is 164 Å².